The van der Waals surface area contributed by atoms with Crippen LogP contribution in [-0.2, 0) is 5.41 Å². The number of thiazole rings is 1. The lowest BCUT2D eigenvalue weighted by Crippen LogP contribution is -2.38. The second-order valence-corrected chi connectivity index (χ2v) is 10.5. The van der Waals surface area contributed by atoms with Gasteiger partial charge in [0.25, 0.3) is 0 Å². The largest absolute Gasteiger partial charge is 0.384 e. The van der Waals surface area contributed by atoms with Gasteiger partial charge in [-0.05, 0) is 62.0 Å². The molecule has 1 aliphatic heterocycles. The van der Waals surface area contributed by atoms with Gasteiger partial charge in [-0.25, -0.2) is 9.37 Å². The van der Waals surface area contributed by atoms with Crippen LogP contribution >= 0.6 is 34.9 Å². The van der Waals surface area contributed by atoms with Crippen LogP contribution < -0.4 is 15.8 Å². The smallest absolute Gasteiger partial charge is 0.192 e. The van der Waals surface area contributed by atoms with E-state index in [4.69, 9.17) is 17.3 Å². The lowest BCUT2D eigenvalue weighted by molar-refractivity contribution is 0.306. The van der Waals surface area contributed by atoms with Crippen LogP contribution in [-0.4, -0.2) is 42.6 Å². The van der Waals surface area contributed by atoms with E-state index < -0.39 is 0 Å². The minimum absolute atomic E-state index is 0.0682. The van der Waals surface area contributed by atoms with Crippen molar-refractivity contribution >= 4 is 45.7 Å². The number of aromatic nitrogens is 1. The van der Waals surface area contributed by atoms with Gasteiger partial charge in [-0.1, -0.05) is 41.9 Å². The zero-order chi connectivity index (χ0) is 23.1. The number of halogens is 2. The Hall–Kier alpha value is -1.84. The minimum Gasteiger partial charge on any atom is -0.384 e. The number of anilines is 2. The van der Waals surface area contributed by atoms with Crippen molar-refractivity contribution in [2.75, 3.05) is 42.8 Å². The summed E-state index contributed by atoms with van der Waals surface area (Å²) in [5, 5.41) is 6.38. The Bertz CT molecular complexity index is 1020. The predicted octanol–water partition coefficient (Wildman–Crippen LogP) is 5.85. The first-order chi connectivity index (χ1) is 16.1. The van der Waals surface area contributed by atoms with Crippen molar-refractivity contribution in [3.8, 4) is 0 Å². The van der Waals surface area contributed by atoms with E-state index >= 15 is 0 Å². The van der Waals surface area contributed by atoms with Crippen molar-refractivity contribution in [2.24, 2.45) is 5.73 Å². The molecular weight excluding hydrogens is 477 g/mol. The molecule has 0 saturated carbocycles. The maximum Gasteiger partial charge on any atom is 0.192 e. The van der Waals surface area contributed by atoms with E-state index in [0.717, 1.165) is 50.6 Å². The van der Waals surface area contributed by atoms with Crippen LogP contribution in [0.2, 0.25) is 5.02 Å². The lowest BCUT2D eigenvalue weighted by Gasteiger charge is -2.28. The van der Waals surface area contributed by atoms with Gasteiger partial charge >= 0.3 is 0 Å². The highest BCUT2D eigenvalue weighted by atomic mass is 35.5. The maximum atomic E-state index is 14.5. The monoisotopic (exact) mass is 505 g/mol. The van der Waals surface area contributed by atoms with E-state index in [1.54, 1.807) is 12.3 Å². The molecule has 0 bridgehead atoms. The third-order valence-electron chi connectivity index (χ3n) is 6.13. The van der Waals surface area contributed by atoms with Crippen molar-refractivity contribution < 1.29 is 4.39 Å². The fourth-order valence-corrected chi connectivity index (χ4v) is 5.83. The summed E-state index contributed by atoms with van der Waals surface area (Å²) in [6.07, 6.45) is 4.85. The molecule has 2 heterocycles. The number of unbranched alkanes of at least 4 members (excludes halogenated alkanes) is 1. The molecule has 1 unspecified atom stereocenters. The van der Waals surface area contributed by atoms with E-state index in [1.807, 2.05) is 5.38 Å². The molecule has 0 radical (unpaired) electrons. The number of benzene rings is 2. The Morgan fingerprint density at radius 3 is 2.85 bits per heavy atom. The Morgan fingerprint density at radius 2 is 2.09 bits per heavy atom. The van der Waals surface area contributed by atoms with E-state index in [9.17, 15) is 4.39 Å². The van der Waals surface area contributed by atoms with Gasteiger partial charge in [0.2, 0.25) is 0 Å². The number of nitrogens with zero attached hydrogens (tertiary/aromatic N) is 2. The van der Waals surface area contributed by atoms with Crippen molar-refractivity contribution in [3.63, 3.8) is 0 Å². The van der Waals surface area contributed by atoms with Gasteiger partial charge in [-0.2, -0.15) is 0 Å². The van der Waals surface area contributed by atoms with Gasteiger partial charge in [0.15, 0.2) is 5.13 Å². The SMILES string of the molecule is NCC1(c2ccccc2)CCN(CCCCNc2cc(F)c(SNc3nccs3)cc2Cl)C1. The first-order valence-corrected chi connectivity index (χ1v) is 13.2. The highest BCUT2D eigenvalue weighted by molar-refractivity contribution is 8.00. The number of nitrogens with one attached hydrogen (secondary N) is 2. The second-order valence-electron chi connectivity index (χ2n) is 8.31. The molecule has 33 heavy (non-hydrogen) atoms. The number of hydrogen-bond acceptors (Lipinski definition) is 7. The first-order valence-electron chi connectivity index (χ1n) is 11.1. The first kappa shape index (κ1) is 24.3. The van der Waals surface area contributed by atoms with Crippen molar-refractivity contribution in [3.05, 3.63) is 70.4 Å². The van der Waals surface area contributed by atoms with Crippen LogP contribution in [0.15, 0.2) is 58.9 Å². The summed E-state index contributed by atoms with van der Waals surface area (Å²) in [6, 6.07) is 13.7. The Kier molecular flexibility index (Phi) is 8.49. The standard InChI is InChI=1S/C24H29ClFN5S2/c25-19-14-22(33-30-23-29-10-13-32-23)20(26)15-21(19)28-9-4-5-11-31-12-8-24(16-27,17-31)18-6-2-1-3-7-18/h1-3,6-7,10,13-15,28H,4-5,8-9,11-12,16-17,27H2,(H,29,30). The van der Waals surface area contributed by atoms with Crippen molar-refractivity contribution in [1.82, 2.24) is 9.88 Å². The molecule has 176 valence electrons. The Morgan fingerprint density at radius 1 is 1.24 bits per heavy atom. The third-order valence-corrected chi connectivity index (χ3v) is 8.09. The summed E-state index contributed by atoms with van der Waals surface area (Å²) in [5.41, 5.74) is 8.23. The molecule has 5 nitrogen and oxygen atoms in total. The molecule has 0 aliphatic carbocycles. The van der Waals surface area contributed by atoms with Crippen LogP contribution in [0, 0.1) is 5.82 Å². The van der Waals surface area contributed by atoms with Gasteiger partial charge in [-0.15, -0.1) is 11.3 Å². The summed E-state index contributed by atoms with van der Waals surface area (Å²) < 4.78 is 17.5. The van der Waals surface area contributed by atoms with Gasteiger partial charge in [0.05, 0.1) is 15.6 Å². The zero-order valence-electron chi connectivity index (χ0n) is 18.4. The topological polar surface area (TPSA) is 66.2 Å². The average molecular weight is 506 g/mol. The normalized spacial score (nSPS) is 18.5. The van der Waals surface area contributed by atoms with E-state index in [2.05, 4.69) is 50.3 Å². The molecule has 3 aromatic rings. The molecule has 1 aromatic heterocycles. The molecule has 0 spiro atoms. The minimum atomic E-state index is -0.313. The van der Waals surface area contributed by atoms with Gasteiger partial charge in [0, 0.05) is 36.6 Å². The van der Waals surface area contributed by atoms with Crippen LogP contribution in [0.1, 0.15) is 24.8 Å². The van der Waals surface area contributed by atoms with Gasteiger partial charge in [0.1, 0.15) is 5.82 Å². The van der Waals surface area contributed by atoms with Crippen molar-refractivity contribution in [1.29, 1.82) is 0 Å². The number of rotatable bonds is 11. The number of likely N-dealkylation sites (tertiary alicyclic amines) is 1. The fourth-order valence-electron chi connectivity index (χ4n) is 4.26. The van der Waals surface area contributed by atoms with Crippen LogP contribution in [0.25, 0.3) is 0 Å². The van der Waals surface area contributed by atoms with Gasteiger partial charge < -0.3 is 20.7 Å². The van der Waals surface area contributed by atoms with Crippen LogP contribution in [0.3, 0.4) is 0 Å². The van der Waals surface area contributed by atoms with Crippen LogP contribution in [0.5, 0.6) is 0 Å². The summed E-state index contributed by atoms with van der Waals surface area (Å²) in [6.45, 7) is 4.54. The molecule has 0 amide bonds. The molecule has 4 N–H and O–H groups in total. The molecular formula is C24H29ClFN5S2. The maximum absolute atomic E-state index is 14.5. The molecule has 1 aliphatic rings. The summed E-state index contributed by atoms with van der Waals surface area (Å²) >= 11 is 9.01. The second kappa shape index (κ2) is 11.5. The summed E-state index contributed by atoms with van der Waals surface area (Å²) in [7, 11) is 0. The predicted molar refractivity (Wildman–Crippen MR) is 139 cm³/mol. The lowest BCUT2D eigenvalue weighted by atomic mass is 9.80. The molecule has 1 saturated heterocycles. The Balaban J connectivity index is 1.21. The highest BCUT2D eigenvalue weighted by Crippen LogP contribution is 2.34. The number of hydrogen-bond donors (Lipinski definition) is 3. The fraction of sp³-hybridized carbons (Fsp3) is 0.375. The molecule has 1 atom stereocenters. The third kappa shape index (κ3) is 6.19. The summed E-state index contributed by atoms with van der Waals surface area (Å²) in [5.74, 6) is -0.313. The average Bonchev–Trinajstić information content (AvgIpc) is 3.51. The molecule has 1 fully saturated rings. The summed E-state index contributed by atoms with van der Waals surface area (Å²) in [4.78, 5) is 7.07. The van der Waals surface area contributed by atoms with Crippen LogP contribution in [0.4, 0.5) is 15.2 Å². The molecule has 4 rings (SSSR count). The van der Waals surface area contributed by atoms with E-state index in [-0.39, 0.29) is 11.2 Å². The van der Waals surface area contributed by atoms with E-state index in [1.165, 1.54) is 34.9 Å². The zero-order valence-corrected chi connectivity index (χ0v) is 20.8. The Labute approximate surface area is 208 Å². The number of nitrogens with two attached hydrogens (primary N) is 1. The molecule has 2 aromatic carbocycles. The van der Waals surface area contributed by atoms with Crippen molar-refractivity contribution in [2.45, 2.75) is 29.6 Å². The van der Waals surface area contributed by atoms with Gasteiger partial charge in [-0.3, -0.25) is 0 Å². The molecule has 9 heteroatoms. The highest BCUT2D eigenvalue weighted by Gasteiger charge is 2.37. The van der Waals surface area contributed by atoms with E-state index in [0.29, 0.717) is 22.2 Å². The quantitative estimate of drug-likeness (QED) is 0.224.